The molecule has 0 aromatic carbocycles. The molecule has 3 fully saturated rings. The average Bonchev–Trinajstić information content (AvgIpc) is 3.32. The number of fused-ring (bicyclic) bond motifs is 1. The summed E-state index contributed by atoms with van der Waals surface area (Å²) in [6.07, 6.45) is 6.92. The van der Waals surface area contributed by atoms with Gasteiger partial charge in [0.05, 0.1) is 29.9 Å². The third kappa shape index (κ3) is 3.33. The smallest absolute Gasteiger partial charge is 0.320 e. The number of anilines is 1. The maximum absolute atomic E-state index is 12.9. The first kappa shape index (κ1) is 16.3. The molecule has 7 nitrogen and oxygen atoms in total. The number of carbonyl (C=O) groups is 2. The summed E-state index contributed by atoms with van der Waals surface area (Å²) in [6, 6.07) is 3.78. The molecule has 3 saturated heterocycles. The number of carbonyl (C=O) groups excluding carboxylic acids is 2. The van der Waals surface area contributed by atoms with E-state index >= 15 is 0 Å². The number of hydrogen-bond acceptors (Lipinski definition) is 4. The normalized spacial score (nSPS) is 28.7. The highest BCUT2D eigenvalue weighted by Gasteiger charge is 2.45. The highest BCUT2D eigenvalue weighted by Crippen LogP contribution is 2.33. The molecule has 25 heavy (non-hydrogen) atoms. The minimum Gasteiger partial charge on any atom is -0.376 e. The second-order valence-corrected chi connectivity index (χ2v) is 7.06. The van der Waals surface area contributed by atoms with E-state index in [0.29, 0.717) is 25.3 Å². The molecule has 4 heterocycles. The van der Waals surface area contributed by atoms with Crippen molar-refractivity contribution in [3.63, 3.8) is 0 Å². The third-order valence-electron chi connectivity index (χ3n) is 5.43. The van der Waals surface area contributed by atoms with Gasteiger partial charge in [0.2, 0.25) is 5.91 Å². The lowest BCUT2D eigenvalue weighted by atomic mass is 9.89. The second kappa shape index (κ2) is 7.00. The van der Waals surface area contributed by atoms with Gasteiger partial charge in [-0.3, -0.25) is 9.78 Å². The van der Waals surface area contributed by atoms with Crippen molar-refractivity contribution in [2.24, 2.45) is 5.92 Å². The van der Waals surface area contributed by atoms with Crippen LogP contribution in [0.15, 0.2) is 24.5 Å². The van der Waals surface area contributed by atoms with Crippen LogP contribution in [0.4, 0.5) is 10.5 Å². The number of hydrogen-bond donors (Lipinski definition) is 1. The lowest BCUT2D eigenvalue weighted by Crippen LogP contribution is -2.57. The lowest BCUT2D eigenvalue weighted by molar-refractivity contribution is -0.123. The highest BCUT2D eigenvalue weighted by molar-refractivity contribution is 5.93. The van der Waals surface area contributed by atoms with Crippen molar-refractivity contribution in [2.75, 3.05) is 31.6 Å². The van der Waals surface area contributed by atoms with Gasteiger partial charge in [0.15, 0.2) is 0 Å². The maximum atomic E-state index is 12.9. The number of likely N-dealkylation sites (tertiary alicyclic amines) is 2. The Hall–Kier alpha value is -2.15. The number of piperidine rings is 1. The van der Waals surface area contributed by atoms with Gasteiger partial charge in [-0.2, -0.15) is 0 Å². The summed E-state index contributed by atoms with van der Waals surface area (Å²) in [5.41, 5.74) is 0.680. The number of urea groups is 1. The predicted molar refractivity (Wildman–Crippen MR) is 92.0 cm³/mol. The quantitative estimate of drug-likeness (QED) is 0.886. The van der Waals surface area contributed by atoms with Crippen LogP contribution in [0.5, 0.6) is 0 Å². The van der Waals surface area contributed by atoms with Gasteiger partial charge in [0, 0.05) is 32.4 Å². The summed E-state index contributed by atoms with van der Waals surface area (Å²) in [5, 5.41) is 2.91. The molecule has 1 aromatic rings. The Morgan fingerprint density at radius 3 is 2.88 bits per heavy atom. The van der Waals surface area contributed by atoms with Crippen LogP contribution in [-0.4, -0.2) is 65.1 Å². The lowest BCUT2D eigenvalue weighted by Gasteiger charge is -2.41. The maximum Gasteiger partial charge on any atom is 0.320 e. The predicted octanol–water partition coefficient (Wildman–Crippen LogP) is 1.72. The topological polar surface area (TPSA) is 74.8 Å². The molecule has 0 bridgehead atoms. The molecule has 0 unspecified atom stereocenters. The van der Waals surface area contributed by atoms with Crippen LogP contribution < -0.4 is 5.32 Å². The van der Waals surface area contributed by atoms with Crippen molar-refractivity contribution in [1.29, 1.82) is 0 Å². The number of ether oxygens (including phenoxy) is 1. The Balaban J connectivity index is 1.47. The Bertz CT molecular complexity index is 632. The average molecular weight is 344 g/mol. The van der Waals surface area contributed by atoms with Crippen LogP contribution in [0.2, 0.25) is 0 Å². The summed E-state index contributed by atoms with van der Waals surface area (Å²) in [6.45, 7) is 2.77. The number of nitrogens with zero attached hydrogens (tertiary/aromatic N) is 3. The first-order valence-corrected chi connectivity index (χ1v) is 9.10. The minimum absolute atomic E-state index is 0.0371. The summed E-state index contributed by atoms with van der Waals surface area (Å²) in [4.78, 5) is 33.4. The van der Waals surface area contributed by atoms with E-state index in [4.69, 9.17) is 4.74 Å². The molecule has 3 aliphatic rings. The van der Waals surface area contributed by atoms with Gasteiger partial charge in [-0.1, -0.05) is 0 Å². The SMILES string of the molecule is O=C(Nc1cccnc1)[C@H]1C[C@H]2OCC[C@H]2N(C(=O)N2CCCC2)C1. The van der Waals surface area contributed by atoms with Crippen molar-refractivity contribution in [2.45, 2.75) is 37.8 Å². The molecule has 3 amide bonds. The Labute approximate surface area is 147 Å². The molecule has 1 aromatic heterocycles. The Kier molecular flexibility index (Phi) is 4.57. The Morgan fingerprint density at radius 2 is 2.12 bits per heavy atom. The molecule has 7 heteroatoms. The van der Waals surface area contributed by atoms with Crippen LogP contribution in [0.1, 0.15) is 25.7 Å². The van der Waals surface area contributed by atoms with Crippen LogP contribution in [-0.2, 0) is 9.53 Å². The van der Waals surface area contributed by atoms with E-state index in [9.17, 15) is 9.59 Å². The van der Waals surface area contributed by atoms with Gasteiger partial charge in [-0.15, -0.1) is 0 Å². The van der Waals surface area contributed by atoms with Gasteiger partial charge < -0.3 is 19.9 Å². The number of amides is 3. The monoisotopic (exact) mass is 344 g/mol. The van der Waals surface area contributed by atoms with Crippen molar-refractivity contribution >= 4 is 17.6 Å². The molecule has 3 atom stereocenters. The van der Waals surface area contributed by atoms with Gasteiger partial charge in [0.25, 0.3) is 0 Å². The van der Waals surface area contributed by atoms with Crippen molar-refractivity contribution in [3.8, 4) is 0 Å². The van der Waals surface area contributed by atoms with E-state index in [0.717, 1.165) is 32.4 Å². The van der Waals surface area contributed by atoms with Gasteiger partial charge >= 0.3 is 6.03 Å². The van der Waals surface area contributed by atoms with E-state index in [-0.39, 0.29) is 30.0 Å². The molecular formula is C18H24N4O3. The molecular weight excluding hydrogens is 320 g/mol. The first-order chi connectivity index (χ1) is 12.2. The van der Waals surface area contributed by atoms with Crippen molar-refractivity contribution < 1.29 is 14.3 Å². The van der Waals surface area contributed by atoms with E-state index < -0.39 is 0 Å². The largest absolute Gasteiger partial charge is 0.376 e. The third-order valence-corrected chi connectivity index (χ3v) is 5.43. The summed E-state index contributed by atoms with van der Waals surface area (Å²) >= 11 is 0. The molecule has 0 saturated carbocycles. The molecule has 1 N–H and O–H groups in total. The molecule has 0 aliphatic carbocycles. The summed E-state index contributed by atoms with van der Waals surface area (Å²) < 4.78 is 5.83. The van der Waals surface area contributed by atoms with Gasteiger partial charge in [-0.05, 0) is 37.8 Å². The molecule has 0 radical (unpaired) electrons. The van der Waals surface area contributed by atoms with Crippen LogP contribution >= 0.6 is 0 Å². The minimum atomic E-state index is -0.258. The van der Waals surface area contributed by atoms with Crippen LogP contribution in [0.25, 0.3) is 0 Å². The number of pyridine rings is 1. The van der Waals surface area contributed by atoms with Crippen molar-refractivity contribution in [1.82, 2.24) is 14.8 Å². The van der Waals surface area contributed by atoms with E-state index in [2.05, 4.69) is 10.3 Å². The van der Waals surface area contributed by atoms with Crippen molar-refractivity contribution in [3.05, 3.63) is 24.5 Å². The fourth-order valence-corrected chi connectivity index (χ4v) is 4.13. The zero-order valence-corrected chi connectivity index (χ0v) is 14.3. The molecule has 134 valence electrons. The van der Waals surface area contributed by atoms with Gasteiger partial charge in [0.1, 0.15) is 0 Å². The molecule has 3 aliphatic heterocycles. The second-order valence-electron chi connectivity index (χ2n) is 7.06. The number of nitrogens with one attached hydrogen (secondary N) is 1. The van der Waals surface area contributed by atoms with E-state index in [1.165, 1.54) is 0 Å². The van der Waals surface area contributed by atoms with Crippen LogP contribution in [0, 0.1) is 5.92 Å². The fourth-order valence-electron chi connectivity index (χ4n) is 4.13. The number of aromatic nitrogens is 1. The molecule has 0 spiro atoms. The van der Waals surface area contributed by atoms with E-state index in [1.807, 2.05) is 15.9 Å². The number of rotatable bonds is 2. The summed E-state index contributed by atoms with van der Waals surface area (Å²) in [5.74, 6) is -0.327. The summed E-state index contributed by atoms with van der Waals surface area (Å²) in [7, 11) is 0. The van der Waals surface area contributed by atoms with Gasteiger partial charge in [-0.25, -0.2) is 4.79 Å². The van der Waals surface area contributed by atoms with E-state index in [1.54, 1.807) is 18.5 Å². The zero-order chi connectivity index (χ0) is 17.2. The standard InChI is InChI=1S/C18H24N4O3/c23-17(20-14-4-3-6-19-11-14)13-10-16-15(5-9-25-16)22(12-13)18(24)21-7-1-2-8-21/h3-4,6,11,13,15-16H,1-2,5,7-10,12H2,(H,20,23)/t13-,15+,16+/m0/s1. The zero-order valence-electron chi connectivity index (χ0n) is 14.3. The fraction of sp³-hybridized carbons (Fsp3) is 0.611. The van der Waals surface area contributed by atoms with Crippen LogP contribution in [0.3, 0.4) is 0 Å². The highest BCUT2D eigenvalue weighted by atomic mass is 16.5. The first-order valence-electron chi connectivity index (χ1n) is 9.10. The molecule has 4 rings (SSSR count). The Morgan fingerprint density at radius 1 is 1.28 bits per heavy atom.